The highest BCUT2D eigenvalue weighted by molar-refractivity contribution is 9.11. The number of halogens is 4. The second-order valence-corrected chi connectivity index (χ2v) is 6.19. The van der Waals surface area contributed by atoms with Crippen molar-refractivity contribution in [1.29, 1.82) is 0 Å². The normalized spacial score (nSPS) is 14.0. The second kappa shape index (κ2) is 5.02. The summed E-state index contributed by atoms with van der Waals surface area (Å²) in [6.45, 7) is 1.98. The lowest BCUT2D eigenvalue weighted by atomic mass is 9.92. The van der Waals surface area contributed by atoms with Crippen LogP contribution in [0.4, 0.5) is 13.2 Å². The molecule has 0 saturated carbocycles. The molecule has 0 amide bonds. The molecule has 1 aliphatic rings. The third kappa shape index (κ3) is 2.64. The monoisotopic (exact) mass is 352 g/mol. The van der Waals surface area contributed by atoms with Crippen LogP contribution in [0, 0.1) is 6.92 Å². The van der Waals surface area contributed by atoms with Gasteiger partial charge in [0.25, 0.3) is 0 Å². The van der Waals surface area contributed by atoms with Crippen molar-refractivity contribution in [2.45, 2.75) is 19.5 Å². The van der Waals surface area contributed by atoms with E-state index in [2.05, 4.69) is 28.1 Å². The van der Waals surface area contributed by atoms with Gasteiger partial charge >= 0.3 is 6.18 Å². The van der Waals surface area contributed by atoms with Crippen LogP contribution in [-0.2, 0) is 12.6 Å². The summed E-state index contributed by atoms with van der Waals surface area (Å²) < 4.78 is 39.1. The molecule has 0 heterocycles. The lowest BCUT2D eigenvalue weighted by molar-refractivity contribution is -0.137. The van der Waals surface area contributed by atoms with Crippen LogP contribution in [0.1, 0.15) is 22.3 Å². The van der Waals surface area contributed by atoms with E-state index in [0.717, 1.165) is 45.3 Å². The Hall–Kier alpha value is -1.55. The lowest BCUT2D eigenvalue weighted by Gasteiger charge is -2.13. The summed E-state index contributed by atoms with van der Waals surface area (Å²) in [6.07, 6.45) is -1.41. The van der Waals surface area contributed by atoms with E-state index >= 15 is 0 Å². The first-order valence-electron chi connectivity index (χ1n) is 6.52. The van der Waals surface area contributed by atoms with Gasteiger partial charge in [-0.15, -0.1) is 0 Å². The average Bonchev–Trinajstić information content (AvgIpc) is 2.78. The van der Waals surface area contributed by atoms with E-state index in [-0.39, 0.29) is 0 Å². The molecule has 3 rings (SSSR count). The molecule has 0 N–H and O–H groups in total. The van der Waals surface area contributed by atoms with Crippen molar-refractivity contribution in [2.75, 3.05) is 0 Å². The standard InChI is InChI=1S/C17H12BrF3/c1-10-2-3-12-8-14(18)9-15(12)16(10)11-4-6-13(7-5-11)17(19,20)21/h2-7,9H,8H2,1H3. The van der Waals surface area contributed by atoms with Crippen molar-refractivity contribution in [1.82, 2.24) is 0 Å². The van der Waals surface area contributed by atoms with Gasteiger partial charge in [0.2, 0.25) is 0 Å². The molecule has 108 valence electrons. The van der Waals surface area contributed by atoms with Gasteiger partial charge in [-0.05, 0) is 52.9 Å². The Kier molecular flexibility index (Phi) is 3.44. The quantitative estimate of drug-likeness (QED) is 0.592. The summed E-state index contributed by atoms with van der Waals surface area (Å²) in [7, 11) is 0. The Bertz CT molecular complexity index is 725. The maximum absolute atomic E-state index is 12.7. The van der Waals surface area contributed by atoms with Crippen molar-refractivity contribution >= 4 is 22.0 Å². The maximum Gasteiger partial charge on any atom is 0.416 e. The number of hydrogen-bond acceptors (Lipinski definition) is 0. The van der Waals surface area contributed by atoms with Crippen molar-refractivity contribution in [2.24, 2.45) is 0 Å². The molecule has 0 fully saturated rings. The second-order valence-electron chi connectivity index (χ2n) is 5.17. The predicted molar refractivity (Wildman–Crippen MR) is 82.2 cm³/mol. The Morgan fingerprint density at radius 3 is 2.29 bits per heavy atom. The summed E-state index contributed by atoms with van der Waals surface area (Å²) in [5, 5.41) is 0. The highest BCUT2D eigenvalue weighted by Crippen LogP contribution is 2.39. The van der Waals surface area contributed by atoms with Crippen LogP contribution < -0.4 is 0 Å². The molecule has 0 atom stereocenters. The average molecular weight is 353 g/mol. The third-order valence-electron chi connectivity index (χ3n) is 3.71. The van der Waals surface area contributed by atoms with Crippen molar-refractivity contribution in [3.8, 4) is 11.1 Å². The summed E-state index contributed by atoms with van der Waals surface area (Å²) in [4.78, 5) is 0. The number of benzene rings is 2. The summed E-state index contributed by atoms with van der Waals surface area (Å²) in [5.41, 5.74) is 4.57. The van der Waals surface area contributed by atoms with Gasteiger partial charge in [0.05, 0.1) is 5.56 Å². The molecule has 0 unspecified atom stereocenters. The zero-order valence-electron chi connectivity index (χ0n) is 11.3. The van der Waals surface area contributed by atoms with Gasteiger partial charge in [-0.3, -0.25) is 0 Å². The molecule has 0 saturated heterocycles. The van der Waals surface area contributed by atoms with E-state index in [0.29, 0.717) is 0 Å². The van der Waals surface area contributed by atoms with E-state index < -0.39 is 11.7 Å². The predicted octanol–water partition coefficient (Wildman–Crippen LogP) is 5.97. The molecule has 1 aliphatic carbocycles. The van der Waals surface area contributed by atoms with Gasteiger partial charge in [-0.25, -0.2) is 0 Å². The molecule has 2 aromatic carbocycles. The molecule has 21 heavy (non-hydrogen) atoms. The first-order valence-corrected chi connectivity index (χ1v) is 7.32. The number of hydrogen-bond donors (Lipinski definition) is 0. The highest BCUT2D eigenvalue weighted by Gasteiger charge is 2.30. The first-order chi connectivity index (χ1) is 9.86. The van der Waals surface area contributed by atoms with Crippen LogP contribution in [0.3, 0.4) is 0 Å². The fraction of sp³-hybridized carbons (Fsp3) is 0.176. The Morgan fingerprint density at radius 2 is 1.67 bits per heavy atom. The van der Waals surface area contributed by atoms with E-state index in [1.165, 1.54) is 5.56 Å². The largest absolute Gasteiger partial charge is 0.416 e. The summed E-state index contributed by atoms with van der Waals surface area (Å²) >= 11 is 3.50. The van der Waals surface area contributed by atoms with Crippen LogP contribution >= 0.6 is 15.9 Å². The molecule has 0 bridgehead atoms. The first kappa shape index (κ1) is 14.4. The van der Waals surface area contributed by atoms with Crippen LogP contribution in [0.2, 0.25) is 0 Å². The maximum atomic E-state index is 12.7. The molecule has 0 radical (unpaired) electrons. The molecule has 4 heteroatoms. The van der Waals surface area contributed by atoms with Crippen LogP contribution in [-0.4, -0.2) is 0 Å². The number of alkyl halides is 3. The number of rotatable bonds is 1. The summed E-state index contributed by atoms with van der Waals surface area (Å²) in [5.74, 6) is 0. The number of fused-ring (bicyclic) bond motifs is 1. The van der Waals surface area contributed by atoms with Gasteiger partial charge in [0.1, 0.15) is 0 Å². The highest BCUT2D eigenvalue weighted by atomic mass is 79.9. The van der Waals surface area contributed by atoms with E-state index in [4.69, 9.17) is 0 Å². The van der Waals surface area contributed by atoms with Crippen molar-refractivity contribution in [3.63, 3.8) is 0 Å². The van der Waals surface area contributed by atoms with E-state index in [9.17, 15) is 13.2 Å². The third-order valence-corrected chi connectivity index (χ3v) is 4.21. The van der Waals surface area contributed by atoms with Crippen LogP contribution in [0.5, 0.6) is 0 Å². The Labute approximate surface area is 129 Å². The smallest absolute Gasteiger partial charge is 0.166 e. The minimum absolute atomic E-state index is 0.617. The fourth-order valence-corrected chi connectivity index (χ4v) is 3.22. The van der Waals surface area contributed by atoms with E-state index in [1.807, 2.05) is 13.0 Å². The van der Waals surface area contributed by atoms with Gasteiger partial charge < -0.3 is 0 Å². The molecule has 0 aromatic heterocycles. The number of aryl methyl sites for hydroxylation is 1. The van der Waals surface area contributed by atoms with Gasteiger partial charge in [0.15, 0.2) is 0 Å². The molecule has 0 aliphatic heterocycles. The van der Waals surface area contributed by atoms with E-state index in [1.54, 1.807) is 12.1 Å². The van der Waals surface area contributed by atoms with Gasteiger partial charge in [-0.1, -0.05) is 40.2 Å². The number of allylic oxidation sites excluding steroid dienone is 1. The zero-order valence-corrected chi connectivity index (χ0v) is 12.8. The van der Waals surface area contributed by atoms with Gasteiger partial charge in [0, 0.05) is 10.9 Å². The molecule has 2 aromatic rings. The van der Waals surface area contributed by atoms with Crippen molar-refractivity contribution < 1.29 is 13.2 Å². The Balaban J connectivity index is 2.12. The zero-order chi connectivity index (χ0) is 15.2. The van der Waals surface area contributed by atoms with Crippen molar-refractivity contribution in [3.05, 3.63) is 63.1 Å². The van der Waals surface area contributed by atoms with Crippen LogP contribution in [0.25, 0.3) is 17.2 Å². The molecular weight excluding hydrogens is 341 g/mol. The summed E-state index contributed by atoms with van der Waals surface area (Å²) in [6, 6.07) is 9.47. The lowest BCUT2D eigenvalue weighted by Crippen LogP contribution is -2.04. The minimum atomic E-state index is -4.30. The molecule has 0 nitrogen and oxygen atoms in total. The topological polar surface area (TPSA) is 0 Å². The van der Waals surface area contributed by atoms with Crippen LogP contribution in [0.15, 0.2) is 40.9 Å². The minimum Gasteiger partial charge on any atom is -0.166 e. The molecular formula is C17H12BrF3. The SMILES string of the molecule is Cc1ccc2c(c1-c1ccc(C(F)(F)F)cc1)C=C(Br)C2. The fourth-order valence-electron chi connectivity index (χ4n) is 2.69. The van der Waals surface area contributed by atoms with Gasteiger partial charge in [-0.2, -0.15) is 13.2 Å². The molecule has 0 spiro atoms. The Morgan fingerprint density at radius 1 is 1.00 bits per heavy atom.